The molecule has 0 radical (unpaired) electrons. The summed E-state index contributed by atoms with van der Waals surface area (Å²) < 4.78 is 13.1. The van der Waals surface area contributed by atoms with E-state index in [1.54, 1.807) is 18.2 Å². The minimum atomic E-state index is -0.639. The van der Waals surface area contributed by atoms with Crippen LogP contribution in [0.4, 0.5) is 4.39 Å². The van der Waals surface area contributed by atoms with E-state index in [0.29, 0.717) is 11.4 Å². The first kappa shape index (κ1) is 14.3. The first-order valence-corrected chi connectivity index (χ1v) is 6.63. The molecule has 0 saturated carbocycles. The van der Waals surface area contributed by atoms with E-state index in [1.165, 1.54) is 6.07 Å². The second kappa shape index (κ2) is 5.49. The van der Waals surface area contributed by atoms with Crippen LogP contribution in [0.15, 0.2) is 42.5 Å². The number of nitrogens with two attached hydrogens (primary N) is 1. The summed E-state index contributed by atoms with van der Waals surface area (Å²) in [5, 5.41) is 0.730. The molecule has 2 N–H and O–H groups in total. The third kappa shape index (κ3) is 3.27. The molecule has 1 unspecified atom stereocenters. The van der Waals surface area contributed by atoms with Crippen molar-refractivity contribution in [2.75, 3.05) is 0 Å². The van der Waals surface area contributed by atoms with Gasteiger partial charge in [0.2, 0.25) is 0 Å². The Bertz CT molecular complexity index is 596. The van der Waals surface area contributed by atoms with Gasteiger partial charge in [-0.2, -0.15) is 0 Å². The minimum absolute atomic E-state index is 0.104. The predicted molar refractivity (Wildman–Crippen MR) is 78.1 cm³/mol. The van der Waals surface area contributed by atoms with Gasteiger partial charge in [0.25, 0.3) is 0 Å². The molecule has 0 aromatic heterocycles. The number of halogens is 3. The number of hydrogen-bond donors (Lipinski definition) is 1. The van der Waals surface area contributed by atoms with Crippen LogP contribution < -0.4 is 5.73 Å². The molecule has 0 bridgehead atoms. The van der Waals surface area contributed by atoms with Gasteiger partial charge in [-0.05, 0) is 42.7 Å². The number of benzene rings is 2. The normalized spacial score (nSPS) is 14.2. The van der Waals surface area contributed by atoms with Crippen molar-refractivity contribution in [2.24, 2.45) is 5.73 Å². The van der Waals surface area contributed by atoms with Crippen molar-refractivity contribution in [1.29, 1.82) is 0 Å². The molecule has 0 amide bonds. The van der Waals surface area contributed by atoms with E-state index in [-0.39, 0.29) is 5.02 Å². The minimum Gasteiger partial charge on any atom is -0.321 e. The van der Waals surface area contributed by atoms with Crippen LogP contribution in [-0.4, -0.2) is 0 Å². The summed E-state index contributed by atoms with van der Waals surface area (Å²) in [6, 6.07) is 12.1. The van der Waals surface area contributed by atoms with Crippen LogP contribution in [0.5, 0.6) is 0 Å². The van der Waals surface area contributed by atoms with E-state index in [1.807, 2.05) is 25.1 Å². The third-order valence-corrected chi connectivity index (χ3v) is 3.66. The van der Waals surface area contributed by atoms with E-state index in [4.69, 9.17) is 28.9 Å². The molecule has 0 spiro atoms. The zero-order valence-corrected chi connectivity index (χ0v) is 12.0. The van der Waals surface area contributed by atoms with Gasteiger partial charge in [-0.1, -0.05) is 47.5 Å². The van der Waals surface area contributed by atoms with Crippen molar-refractivity contribution < 1.29 is 4.39 Å². The fraction of sp³-hybridized carbons (Fsp3) is 0.200. The molecule has 0 heterocycles. The molecule has 2 rings (SSSR count). The largest absolute Gasteiger partial charge is 0.321 e. The van der Waals surface area contributed by atoms with Crippen molar-refractivity contribution >= 4 is 23.2 Å². The quantitative estimate of drug-likeness (QED) is 0.884. The van der Waals surface area contributed by atoms with Crippen molar-refractivity contribution in [3.63, 3.8) is 0 Å². The summed E-state index contributed by atoms with van der Waals surface area (Å²) in [7, 11) is 0. The monoisotopic (exact) mass is 297 g/mol. The van der Waals surface area contributed by atoms with Crippen LogP contribution in [0, 0.1) is 5.82 Å². The topological polar surface area (TPSA) is 26.0 Å². The van der Waals surface area contributed by atoms with E-state index < -0.39 is 11.4 Å². The fourth-order valence-corrected chi connectivity index (χ4v) is 2.65. The molecule has 100 valence electrons. The molecular weight excluding hydrogens is 284 g/mol. The van der Waals surface area contributed by atoms with Crippen molar-refractivity contribution in [3.05, 3.63) is 69.5 Å². The second-order valence-corrected chi connectivity index (χ2v) is 5.64. The van der Waals surface area contributed by atoms with Crippen molar-refractivity contribution in [2.45, 2.75) is 18.9 Å². The molecule has 2 aromatic rings. The van der Waals surface area contributed by atoms with Gasteiger partial charge in [0.15, 0.2) is 0 Å². The van der Waals surface area contributed by atoms with Gasteiger partial charge in [0.1, 0.15) is 5.82 Å². The second-order valence-electron chi connectivity index (χ2n) is 4.82. The van der Waals surface area contributed by atoms with Crippen LogP contribution in [0.3, 0.4) is 0 Å². The standard InChI is InChI=1S/C15H14Cl2FN/c1-15(19,11-4-2-3-5-12(11)16)9-10-6-7-14(18)13(17)8-10/h2-8H,9,19H2,1H3. The third-order valence-electron chi connectivity index (χ3n) is 3.04. The highest BCUT2D eigenvalue weighted by atomic mass is 35.5. The lowest BCUT2D eigenvalue weighted by Gasteiger charge is -2.26. The lowest BCUT2D eigenvalue weighted by molar-refractivity contribution is 0.491. The van der Waals surface area contributed by atoms with E-state index >= 15 is 0 Å². The molecule has 19 heavy (non-hydrogen) atoms. The summed E-state index contributed by atoms with van der Waals surface area (Å²) in [5.41, 5.74) is 7.43. The summed E-state index contributed by atoms with van der Waals surface area (Å²) in [6.07, 6.45) is 0.525. The van der Waals surface area contributed by atoms with Gasteiger partial charge in [0, 0.05) is 10.6 Å². The summed E-state index contributed by atoms with van der Waals surface area (Å²) in [4.78, 5) is 0. The Balaban J connectivity index is 2.31. The van der Waals surface area contributed by atoms with Gasteiger partial charge in [-0.3, -0.25) is 0 Å². The van der Waals surface area contributed by atoms with Gasteiger partial charge in [-0.25, -0.2) is 4.39 Å². The Morgan fingerprint density at radius 1 is 1.11 bits per heavy atom. The van der Waals surface area contributed by atoms with Gasteiger partial charge in [0.05, 0.1) is 5.02 Å². The summed E-state index contributed by atoms with van der Waals surface area (Å²) >= 11 is 11.9. The number of rotatable bonds is 3. The summed E-state index contributed by atoms with van der Waals surface area (Å²) in [5.74, 6) is -0.429. The molecule has 0 aliphatic heterocycles. The first-order valence-electron chi connectivity index (χ1n) is 5.88. The van der Waals surface area contributed by atoms with E-state index in [9.17, 15) is 4.39 Å². The van der Waals surface area contributed by atoms with Gasteiger partial charge < -0.3 is 5.73 Å². The fourth-order valence-electron chi connectivity index (χ4n) is 2.09. The maximum Gasteiger partial charge on any atom is 0.141 e. The van der Waals surface area contributed by atoms with Crippen molar-refractivity contribution in [1.82, 2.24) is 0 Å². The average molecular weight is 298 g/mol. The molecule has 1 atom stereocenters. The lowest BCUT2D eigenvalue weighted by Crippen LogP contribution is -2.35. The smallest absolute Gasteiger partial charge is 0.141 e. The molecule has 4 heteroatoms. The molecule has 0 aliphatic rings. The molecule has 2 aromatic carbocycles. The predicted octanol–water partition coefficient (Wildman–Crippen LogP) is 4.55. The van der Waals surface area contributed by atoms with E-state index in [2.05, 4.69) is 0 Å². The summed E-state index contributed by atoms with van der Waals surface area (Å²) in [6.45, 7) is 1.89. The lowest BCUT2D eigenvalue weighted by atomic mass is 9.86. The first-order chi connectivity index (χ1) is 8.90. The highest BCUT2D eigenvalue weighted by molar-refractivity contribution is 6.31. The zero-order chi connectivity index (χ0) is 14.0. The molecule has 0 saturated heterocycles. The van der Waals surface area contributed by atoms with Gasteiger partial charge >= 0.3 is 0 Å². The average Bonchev–Trinajstić information content (AvgIpc) is 2.34. The maximum absolute atomic E-state index is 13.1. The molecular formula is C15H14Cl2FN. The molecule has 0 fully saturated rings. The zero-order valence-electron chi connectivity index (χ0n) is 10.5. The Morgan fingerprint density at radius 3 is 2.42 bits per heavy atom. The van der Waals surface area contributed by atoms with Crippen LogP contribution in [-0.2, 0) is 12.0 Å². The van der Waals surface area contributed by atoms with Crippen LogP contribution in [0.25, 0.3) is 0 Å². The van der Waals surface area contributed by atoms with Crippen LogP contribution in [0.2, 0.25) is 10.0 Å². The SMILES string of the molecule is CC(N)(Cc1ccc(F)c(Cl)c1)c1ccccc1Cl. The van der Waals surface area contributed by atoms with Gasteiger partial charge in [-0.15, -0.1) is 0 Å². The highest BCUT2D eigenvalue weighted by Crippen LogP contribution is 2.29. The van der Waals surface area contributed by atoms with Crippen LogP contribution in [0.1, 0.15) is 18.1 Å². The van der Waals surface area contributed by atoms with E-state index in [0.717, 1.165) is 11.1 Å². The Hall–Kier alpha value is -1.09. The number of hydrogen-bond acceptors (Lipinski definition) is 1. The Morgan fingerprint density at radius 2 is 1.79 bits per heavy atom. The molecule has 0 aliphatic carbocycles. The maximum atomic E-state index is 13.1. The highest BCUT2D eigenvalue weighted by Gasteiger charge is 2.24. The Labute approximate surface area is 122 Å². The molecule has 1 nitrogen and oxygen atoms in total. The Kier molecular flexibility index (Phi) is 4.14. The van der Waals surface area contributed by atoms with Crippen molar-refractivity contribution in [3.8, 4) is 0 Å². The van der Waals surface area contributed by atoms with Crippen LogP contribution >= 0.6 is 23.2 Å².